The van der Waals surface area contributed by atoms with Crippen LogP contribution in [0.2, 0.25) is 0 Å². The molecule has 0 saturated heterocycles. The highest BCUT2D eigenvalue weighted by atomic mass is 127. The first-order valence-electron chi connectivity index (χ1n) is 9.45. The minimum Gasteiger partial charge on any atom is -0.312 e. The van der Waals surface area contributed by atoms with Crippen molar-refractivity contribution in [2.75, 3.05) is 0 Å². The van der Waals surface area contributed by atoms with Crippen LogP contribution in [0.15, 0.2) is 0 Å². The van der Waals surface area contributed by atoms with Gasteiger partial charge in [-0.3, -0.25) is 0 Å². The summed E-state index contributed by atoms with van der Waals surface area (Å²) < 4.78 is 33.6. The lowest BCUT2D eigenvalue weighted by molar-refractivity contribution is -0.164. The second-order valence-electron chi connectivity index (χ2n) is 9.42. The predicted octanol–water partition coefficient (Wildman–Crippen LogP) is 6.40. The van der Waals surface area contributed by atoms with E-state index in [1.165, 1.54) is 32.1 Å². The summed E-state index contributed by atoms with van der Waals surface area (Å²) in [5.41, 5.74) is 0.485. The summed E-state index contributed by atoms with van der Waals surface area (Å²) >= 11 is 2.09. The highest BCUT2D eigenvalue weighted by Gasteiger charge is 2.61. The van der Waals surface area contributed by atoms with E-state index < -0.39 is 5.92 Å². The third-order valence-corrected chi connectivity index (χ3v) is 9.27. The van der Waals surface area contributed by atoms with Gasteiger partial charge in [0.15, 0.2) is 0 Å². The Balaban J connectivity index is 1.60. The van der Waals surface area contributed by atoms with Gasteiger partial charge in [-0.05, 0) is 79.4 Å². The topological polar surface area (TPSA) is 9.23 Å². The fourth-order valence-corrected chi connectivity index (χ4v) is 8.11. The summed E-state index contributed by atoms with van der Waals surface area (Å²) in [6.45, 7) is 4.79. The largest absolute Gasteiger partial charge is 0.312 e. The smallest absolute Gasteiger partial charge is 0.248 e. The lowest BCUT2D eigenvalue weighted by atomic mass is 9.45. The molecule has 23 heavy (non-hydrogen) atoms. The molecule has 4 rings (SSSR count). The van der Waals surface area contributed by atoms with Gasteiger partial charge in [0, 0.05) is 12.8 Å². The third kappa shape index (κ3) is 2.43. The van der Waals surface area contributed by atoms with Crippen molar-refractivity contribution in [1.29, 1.82) is 0 Å². The lowest BCUT2D eigenvalue weighted by Crippen LogP contribution is -2.55. The van der Waals surface area contributed by atoms with Crippen LogP contribution in [0.4, 0.5) is 8.78 Å². The van der Waals surface area contributed by atoms with Crippen molar-refractivity contribution in [3.05, 3.63) is 0 Å². The molecular formula is C19H29F2IO. The second kappa shape index (κ2) is 5.52. The summed E-state index contributed by atoms with van der Waals surface area (Å²) in [7, 11) is 0. The zero-order valence-electron chi connectivity index (χ0n) is 14.3. The summed E-state index contributed by atoms with van der Waals surface area (Å²) in [6.07, 6.45) is 8.52. The van der Waals surface area contributed by atoms with Gasteiger partial charge in [0.05, 0.1) is 6.10 Å². The van der Waals surface area contributed by atoms with Gasteiger partial charge in [-0.15, -0.1) is 0 Å². The quantitative estimate of drug-likeness (QED) is 0.431. The lowest BCUT2D eigenvalue weighted by Gasteiger charge is -2.60. The predicted molar refractivity (Wildman–Crippen MR) is 95.6 cm³/mol. The van der Waals surface area contributed by atoms with E-state index in [-0.39, 0.29) is 24.2 Å². The van der Waals surface area contributed by atoms with Crippen molar-refractivity contribution in [1.82, 2.24) is 0 Å². The zero-order valence-corrected chi connectivity index (χ0v) is 16.5. The average Bonchev–Trinajstić information content (AvgIpc) is 2.84. The van der Waals surface area contributed by atoms with E-state index in [9.17, 15) is 8.78 Å². The van der Waals surface area contributed by atoms with Gasteiger partial charge in [0.2, 0.25) is 5.92 Å². The molecule has 4 fully saturated rings. The average molecular weight is 438 g/mol. The molecule has 0 N–H and O–H groups in total. The van der Waals surface area contributed by atoms with E-state index in [1.54, 1.807) is 0 Å². The molecule has 0 heterocycles. The molecule has 4 aliphatic rings. The molecule has 0 aromatic rings. The van der Waals surface area contributed by atoms with Crippen molar-refractivity contribution >= 4 is 23.0 Å². The minimum atomic E-state index is -2.41. The van der Waals surface area contributed by atoms with Crippen molar-refractivity contribution in [3.8, 4) is 0 Å². The van der Waals surface area contributed by atoms with Crippen molar-refractivity contribution in [3.63, 3.8) is 0 Å². The third-order valence-electron chi connectivity index (χ3n) is 8.66. The van der Waals surface area contributed by atoms with Crippen LogP contribution in [0.25, 0.3) is 0 Å². The minimum absolute atomic E-state index is 0.116. The molecule has 4 heteroatoms. The van der Waals surface area contributed by atoms with Crippen LogP contribution in [-0.4, -0.2) is 12.0 Å². The summed E-state index contributed by atoms with van der Waals surface area (Å²) in [4.78, 5) is 0. The van der Waals surface area contributed by atoms with Crippen LogP contribution >= 0.6 is 23.0 Å². The Kier molecular flexibility index (Phi) is 4.08. The maximum Gasteiger partial charge on any atom is 0.248 e. The van der Waals surface area contributed by atoms with Crippen LogP contribution in [0, 0.1) is 34.5 Å². The number of rotatable bonds is 1. The Bertz CT molecular complexity index is 484. The van der Waals surface area contributed by atoms with Crippen LogP contribution in [0.3, 0.4) is 0 Å². The zero-order chi connectivity index (χ0) is 16.5. The van der Waals surface area contributed by atoms with Crippen LogP contribution in [0.5, 0.6) is 0 Å². The maximum atomic E-state index is 13.9. The molecule has 0 amide bonds. The fourth-order valence-electron chi connectivity index (χ4n) is 7.27. The highest BCUT2D eigenvalue weighted by Crippen LogP contribution is 2.67. The van der Waals surface area contributed by atoms with Crippen molar-refractivity contribution < 1.29 is 11.8 Å². The Morgan fingerprint density at radius 1 is 0.870 bits per heavy atom. The Morgan fingerprint density at radius 3 is 2.35 bits per heavy atom. The number of alkyl halides is 2. The summed E-state index contributed by atoms with van der Waals surface area (Å²) in [5, 5.41) is 0. The SMILES string of the molecule is C[C@]12CCC(F)(F)C[C@@H]1CC[C@@H]1[C@@H]2CC[C@]2(C)[C@@H](OI)CC[C@@H]12. The van der Waals surface area contributed by atoms with Gasteiger partial charge >= 0.3 is 0 Å². The van der Waals surface area contributed by atoms with Crippen LogP contribution in [0.1, 0.15) is 71.6 Å². The second-order valence-corrected chi connectivity index (χ2v) is 9.93. The normalized spacial score (nSPS) is 54.9. The van der Waals surface area contributed by atoms with Crippen LogP contribution in [-0.2, 0) is 3.07 Å². The fraction of sp³-hybridized carbons (Fsp3) is 1.00. The standard InChI is InChI=1S/C19H29F2IO/c1-17-9-10-19(20,21)11-12(17)3-4-13-14-5-6-16(23-22)18(14,2)8-7-15(13)17/h12-16H,3-11H2,1-2H3/t12-,13-,14-,15-,16-,17-,18-/m0/s1. The summed E-state index contributed by atoms with van der Waals surface area (Å²) in [5.74, 6) is 0.00557. The molecule has 4 aliphatic carbocycles. The molecule has 0 radical (unpaired) electrons. The maximum absolute atomic E-state index is 13.9. The molecule has 0 bridgehead atoms. The molecule has 132 valence electrons. The molecular weight excluding hydrogens is 409 g/mol. The summed E-state index contributed by atoms with van der Waals surface area (Å²) in [6, 6.07) is 0. The molecule has 4 saturated carbocycles. The monoisotopic (exact) mass is 438 g/mol. The Morgan fingerprint density at radius 2 is 1.61 bits per heavy atom. The molecule has 0 aliphatic heterocycles. The van der Waals surface area contributed by atoms with E-state index >= 15 is 0 Å². The molecule has 0 aromatic carbocycles. The van der Waals surface area contributed by atoms with E-state index in [2.05, 4.69) is 36.9 Å². The van der Waals surface area contributed by atoms with E-state index in [1.807, 2.05) is 0 Å². The van der Waals surface area contributed by atoms with Crippen molar-refractivity contribution in [2.45, 2.75) is 83.7 Å². The number of hydrogen-bond acceptors (Lipinski definition) is 1. The van der Waals surface area contributed by atoms with Crippen LogP contribution < -0.4 is 0 Å². The molecule has 0 aromatic heterocycles. The van der Waals surface area contributed by atoms with Crippen molar-refractivity contribution in [2.24, 2.45) is 34.5 Å². The Hall–Kier alpha value is 0.550. The molecule has 1 nitrogen and oxygen atoms in total. The van der Waals surface area contributed by atoms with Gasteiger partial charge in [0.25, 0.3) is 0 Å². The van der Waals surface area contributed by atoms with E-state index in [4.69, 9.17) is 3.07 Å². The van der Waals surface area contributed by atoms with Gasteiger partial charge in [-0.1, -0.05) is 13.8 Å². The number of halogens is 3. The van der Waals surface area contributed by atoms with Gasteiger partial charge in [-0.2, -0.15) is 0 Å². The first-order chi connectivity index (χ1) is 10.8. The first kappa shape index (κ1) is 17.0. The Labute approximate surface area is 153 Å². The number of fused-ring (bicyclic) bond motifs is 5. The van der Waals surface area contributed by atoms with E-state index in [0.29, 0.717) is 17.4 Å². The first-order valence-corrected chi connectivity index (χ1v) is 10.3. The van der Waals surface area contributed by atoms with Gasteiger partial charge in [0.1, 0.15) is 23.0 Å². The molecule has 0 spiro atoms. The molecule has 0 unspecified atom stereocenters. The highest BCUT2D eigenvalue weighted by molar-refractivity contribution is 14.1. The van der Waals surface area contributed by atoms with Gasteiger partial charge in [-0.25, -0.2) is 8.78 Å². The van der Waals surface area contributed by atoms with E-state index in [0.717, 1.165) is 24.7 Å². The number of hydrogen-bond donors (Lipinski definition) is 0. The molecule has 7 atom stereocenters. The van der Waals surface area contributed by atoms with Gasteiger partial charge < -0.3 is 3.07 Å².